The second kappa shape index (κ2) is 3.60. The van der Waals surface area contributed by atoms with Gasteiger partial charge in [-0.15, -0.1) is 0 Å². The Hall–Kier alpha value is 0.269. The topological polar surface area (TPSA) is 37.3 Å². The van der Waals surface area contributed by atoms with Crippen LogP contribution in [0.2, 0.25) is 19.3 Å². The third-order valence-electron chi connectivity index (χ3n) is 1.34. The van der Waals surface area contributed by atoms with Crippen LogP contribution in [0, 0.1) is 5.92 Å². The van der Waals surface area contributed by atoms with Gasteiger partial charge in [-0.05, 0) is 0 Å². The van der Waals surface area contributed by atoms with Gasteiger partial charge in [0, 0.05) is 0 Å². The summed E-state index contributed by atoms with van der Waals surface area (Å²) < 4.78 is 0.948. The molecule has 0 aromatic rings. The fourth-order valence-corrected chi connectivity index (χ4v) is 6.75. The second-order valence-electron chi connectivity index (χ2n) is 4.00. The summed E-state index contributed by atoms with van der Waals surface area (Å²) in [7, 11) is 0. The van der Waals surface area contributed by atoms with E-state index in [-0.39, 0.29) is 5.92 Å². The van der Waals surface area contributed by atoms with Crippen molar-refractivity contribution in [3.05, 3.63) is 0 Å². The molecule has 10 heavy (non-hydrogen) atoms. The zero-order valence-corrected chi connectivity index (χ0v) is 9.99. The molecule has 1 N–H and O–H groups in total. The van der Waals surface area contributed by atoms with Crippen LogP contribution in [0.3, 0.4) is 0 Å². The molecule has 0 bridgehead atoms. The number of carboxylic acid groups (broad SMARTS) is 1. The standard InChI is InChI=1S/C4H7O2.3CH3.Sn/c1-3(2)4(5)6;;;;/h3H,1H2,2H3,(H,5,6);3*1H3;. The van der Waals surface area contributed by atoms with Crippen LogP contribution >= 0.6 is 0 Å². The zero-order chi connectivity index (χ0) is 8.36. The maximum atomic E-state index is 10.4. The number of hydrogen-bond acceptors (Lipinski definition) is 1. The van der Waals surface area contributed by atoms with Gasteiger partial charge >= 0.3 is 66.3 Å². The average molecular weight is 251 g/mol. The molecule has 0 aliphatic rings. The molecule has 0 aromatic carbocycles. The van der Waals surface area contributed by atoms with Crippen molar-refractivity contribution in [3.63, 3.8) is 0 Å². The summed E-state index contributed by atoms with van der Waals surface area (Å²) in [6, 6.07) is 0. The summed E-state index contributed by atoms with van der Waals surface area (Å²) in [4.78, 5) is 17.2. The monoisotopic (exact) mass is 252 g/mol. The summed E-state index contributed by atoms with van der Waals surface area (Å²) in [6.07, 6.45) is 0. The van der Waals surface area contributed by atoms with Gasteiger partial charge in [-0.2, -0.15) is 0 Å². The van der Waals surface area contributed by atoms with Crippen LogP contribution < -0.4 is 0 Å². The van der Waals surface area contributed by atoms with E-state index in [1.165, 1.54) is 0 Å². The molecular weight excluding hydrogens is 235 g/mol. The molecule has 1 atom stereocenters. The third-order valence-corrected chi connectivity index (χ3v) is 6.58. The number of aliphatic carboxylic acids is 1. The Morgan fingerprint density at radius 2 is 1.90 bits per heavy atom. The first-order valence-corrected chi connectivity index (χ1v) is 14.1. The molecule has 1 unspecified atom stereocenters. The molecule has 0 spiro atoms. The first kappa shape index (κ1) is 10.3. The van der Waals surface area contributed by atoms with Crippen LogP contribution in [0.1, 0.15) is 6.92 Å². The number of carbonyl (C=O) groups is 1. The van der Waals surface area contributed by atoms with E-state index in [4.69, 9.17) is 5.11 Å². The summed E-state index contributed by atoms with van der Waals surface area (Å²) in [6.45, 7) is 1.80. The van der Waals surface area contributed by atoms with Crippen LogP contribution in [0.25, 0.3) is 0 Å². The summed E-state index contributed by atoms with van der Waals surface area (Å²) >= 11 is -1.82. The fraction of sp³-hybridized carbons (Fsp3) is 0.857. The van der Waals surface area contributed by atoms with E-state index in [1.54, 1.807) is 6.92 Å². The van der Waals surface area contributed by atoms with E-state index < -0.39 is 24.3 Å². The van der Waals surface area contributed by atoms with Crippen molar-refractivity contribution in [2.45, 2.75) is 26.2 Å². The molecule has 60 valence electrons. The van der Waals surface area contributed by atoms with Gasteiger partial charge in [-0.3, -0.25) is 0 Å². The fourth-order valence-electron chi connectivity index (χ4n) is 1.01. The predicted octanol–water partition coefficient (Wildman–Crippen LogP) is 2.05. The average Bonchev–Trinajstić information content (AvgIpc) is 1.60. The summed E-state index contributed by atoms with van der Waals surface area (Å²) in [5.74, 6) is -0.776. The zero-order valence-electron chi connectivity index (χ0n) is 7.14. The molecule has 0 rings (SSSR count). The number of carboxylic acids is 1. The molecule has 0 saturated carbocycles. The van der Waals surface area contributed by atoms with Crippen molar-refractivity contribution in [2.75, 3.05) is 0 Å². The quantitative estimate of drug-likeness (QED) is 0.779. The number of rotatable bonds is 3. The van der Waals surface area contributed by atoms with Crippen molar-refractivity contribution >= 4 is 24.3 Å². The molecule has 0 saturated heterocycles. The van der Waals surface area contributed by atoms with E-state index in [1.807, 2.05) is 0 Å². The van der Waals surface area contributed by atoms with Crippen molar-refractivity contribution in [3.8, 4) is 0 Å². The van der Waals surface area contributed by atoms with E-state index in [2.05, 4.69) is 14.8 Å². The third kappa shape index (κ3) is 5.09. The Morgan fingerprint density at radius 1 is 1.50 bits per heavy atom. The SMILES string of the molecule is CC([CH2][Sn]([CH3])([CH3])[CH3])C(=O)O. The van der Waals surface area contributed by atoms with Crippen LogP contribution in [-0.4, -0.2) is 29.5 Å². The van der Waals surface area contributed by atoms with Gasteiger partial charge in [-0.25, -0.2) is 0 Å². The molecular formula is C7H16O2Sn. The van der Waals surface area contributed by atoms with E-state index in [0.717, 1.165) is 4.44 Å². The van der Waals surface area contributed by atoms with Gasteiger partial charge in [0.2, 0.25) is 0 Å². The molecule has 0 aliphatic heterocycles. The van der Waals surface area contributed by atoms with E-state index >= 15 is 0 Å². The van der Waals surface area contributed by atoms with Crippen LogP contribution in [0.4, 0.5) is 0 Å². The molecule has 0 aliphatic carbocycles. The van der Waals surface area contributed by atoms with Crippen LogP contribution in [0.5, 0.6) is 0 Å². The minimum atomic E-state index is -1.82. The first-order chi connectivity index (χ1) is 4.33. The van der Waals surface area contributed by atoms with Crippen molar-refractivity contribution < 1.29 is 9.90 Å². The van der Waals surface area contributed by atoms with Gasteiger partial charge in [0.15, 0.2) is 0 Å². The first-order valence-electron chi connectivity index (χ1n) is 3.56. The Morgan fingerprint density at radius 3 is 2.00 bits per heavy atom. The van der Waals surface area contributed by atoms with Gasteiger partial charge in [-0.1, -0.05) is 0 Å². The Labute approximate surface area is 66.5 Å². The van der Waals surface area contributed by atoms with Crippen LogP contribution in [-0.2, 0) is 4.79 Å². The van der Waals surface area contributed by atoms with Gasteiger partial charge in [0.05, 0.1) is 0 Å². The Balaban J connectivity index is 3.80. The van der Waals surface area contributed by atoms with Crippen molar-refractivity contribution in [1.82, 2.24) is 0 Å². The van der Waals surface area contributed by atoms with Crippen LogP contribution in [0.15, 0.2) is 0 Å². The molecule has 0 heterocycles. The molecule has 0 fully saturated rings. The molecule has 0 radical (unpaired) electrons. The summed E-state index contributed by atoms with van der Waals surface area (Å²) in [5.41, 5.74) is 0. The number of hydrogen-bond donors (Lipinski definition) is 1. The van der Waals surface area contributed by atoms with Gasteiger partial charge < -0.3 is 0 Å². The minimum absolute atomic E-state index is 0.129. The summed E-state index contributed by atoms with van der Waals surface area (Å²) in [5, 5.41) is 8.58. The van der Waals surface area contributed by atoms with E-state index in [0.29, 0.717) is 0 Å². The van der Waals surface area contributed by atoms with Crippen molar-refractivity contribution in [1.29, 1.82) is 0 Å². The Kier molecular flexibility index (Phi) is 3.70. The maximum absolute atomic E-state index is 10.4. The Bertz CT molecular complexity index is 126. The normalized spacial score (nSPS) is 14.8. The van der Waals surface area contributed by atoms with Gasteiger partial charge in [0.1, 0.15) is 0 Å². The second-order valence-corrected chi connectivity index (χ2v) is 19.8. The van der Waals surface area contributed by atoms with Crippen molar-refractivity contribution in [2.24, 2.45) is 5.92 Å². The predicted molar refractivity (Wildman–Crippen MR) is 45.0 cm³/mol. The van der Waals surface area contributed by atoms with E-state index in [9.17, 15) is 4.79 Å². The molecule has 0 amide bonds. The molecule has 3 heteroatoms. The van der Waals surface area contributed by atoms with Gasteiger partial charge in [0.25, 0.3) is 0 Å². The molecule has 2 nitrogen and oxygen atoms in total. The molecule has 0 aromatic heterocycles.